The molecular weight excluding hydrogens is 364 g/mol. The highest BCUT2D eigenvalue weighted by atomic mass is 32.2. The van der Waals surface area contributed by atoms with Crippen molar-refractivity contribution < 1.29 is 9.59 Å². The number of anilines is 1. The van der Waals surface area contributed by atoms with Crippen molar-refractivity contribution in [1.29, 1.82) is 0 Å². The van der Waals surface area contributed by atoms with Crippen LogP contribution in [0.2, 0.25) is 0 Å². The highest BCUT2D eigenvalue weighted by Gasteiger charge is 2.27. The van der Waals surface area contributed by atoms with Crippen molar-refractivity contribution in [2.45, 2.75) is 44.4 Å². The van der Waals surface area contributed by atoms with Crippen molar-refractivity contribution in [3.8, 4) is 0 Å². The molecule has 26 heavy (non-hydrogen) atoms. The Morgan fingerprint density at radius 3 is 2.69 bits per heavy atom. The van der Waals surface area contributed by atoms with Crippen molar-refractivity contribution in [3.05, 3.63) is 45.8 Å². The molecule has 6 heteroatoms. The molecule has 0 spiro atoms. The molecular formula is C20H24N2O2S2. The first-order valence-corrected chi connectivity index (χ1v) is 10.7. The van der Waals surface area contributed by atoms with Gasteiger partial charge in [0.05, 0.1) is 12.0 Å². The number of hydrogen-bond acceptors (Lipinski definition) is 4. The summed E-state index contributed by atoms with van der Waals surface area (Å²) in [5.74, 6) is 1.06. The summed E-state index contributed by atoms with van der Waals surface area (Å²) in [5.41, 5.74) is 8.11. The van der Waals surface area contributed by atoms with Crippen LogP contribution in [0, 0.1) is 5.92 Å². The van der Waals surface area contributed by atoms with E-state index in [1.807, 2.05) is 24.3 Å². The number of fused-ring (bicyclic) bond motifs is 1. The molecule has 0 radical (unpaired) electrons. The predicted octanol–water partition coefficient (Wildman–Crippen LogP) is 4.27. The van der Waals surface area contributed by atoms with Crippen LogP contribution in [0.25, 0.3) is 0 Å². The van der Waals surface area contributed by atoms with Crippen LogP contribution in [0.1, 0.15) is 46.6 Å². The molecule has 0 saturated carbocycles. The van der Waals surface area contributed by atoms with Crippen molar-refractivity contribution in [2.24, 2.45) is 11.7 Å². The Hall–Kier alpha value is -1.79. The van der Waals surface area contributed by atoms with Gasteiger partial charge in [-0.3, -0.25) is 9.59 Å². The van der Waals surface area contributed by atoms with E-state index in [1.54, 1.807) is 11.8 Å². The quantitative estimate of drug-likeness (QED) is 0.726. The largest absolute Gasteiger partial charge is 0.365 e. The topological polar surface area (TPSA) is 72.2 Å². The fraction of sp³-hybridized carbons (Fsp3) is 0.400. The van der Waals surface area contributed by atoms with E-state index in [1.165, 1.54) is 21.1 Å². The van der Waals surface area contributed by atoms with Crippen LogP contribution >= 0.6 is 23.1 Å². The van der Waals surface area contributed by atoms with Crippen molar-refractivity contribution in [3.63, 3.8) is 0 Å². The van der Waals surface area contributed by atoms with E-state index in [-0.39, 0.29) is 12.3 Å². The predicted molar refractivity (Wildman–Crippen MR) is 109 cm³/mol. The number of rotatable bonds is 6. The van der Waals surface area contributed by atoms with Crippen LogP contribution in [0.5, 0.6) is 0 Å². The molecule has 3 rings (SSSR count). The number of benzene rings is 1. The third kappa shape index (κ3) is 4.30. The zero-order chi connectivity index (χ0) is 18.7. The zero-order valence-electron chi connectivity index (χ0n) is 15.1. The number of thioether (sulfide) groups is 1. The second-order valence-corrected chi connectivity index (χ2v) is 9.16. The molecule has 1 aromatic heterocycles. The van der Waals surface area contributed by atoms with E-state index >= 15 is 0 Å². The molecule has 1 unspecified atom stereocenters. The second kappa shape index (κ2) is 8.27. The van der Waals surface area contributed by atoms with Gasteiger partial charge in [-0.1, -0.05) is 26.0 Å². The summed E-state index contributed by atoms with van der Waals surface area (Å²) in [6.07, 6.45) is 3.15. The van der Waals surface area contributed by atoms with Gasteiger partial charge in [0.2, 0.25) is 5.91 Å². The first-order chi connectivity index (χ1) is 12.5. The molecule has 1 aromatic carbocycles. The van der Waals surface area contributed by atoms with Gasteiger partial charge in [0.25, 0.3) is 5.91 Å². The van der Waals surface area contributed by atoms with Crippen LogP contribution in [0.4, 0.5) is 5.00 Å². The van der Waals surface area contributed by atoms with Crippen molar-refractivity contribution in [1.82, 2.24) is 0 Å². The Balaban J connectivity index is 1.73. The van der Waals surface area contributed by atoms with E-state index in [4.69, 9.17) is 5.73 Å². The number of thiophene rings is 1. The molecule has 1 heterocycles. The third-order valence-corrected chi connectivity index (χ3v) is 6.67. The Morgan fingerprint density at radius 1 is 1.31 bits per heavy atom. The summed E-state index contributed by atoms with van der Waals surface area (Å²) in [4.78, 5) is 26.8. The fourth-order valence-corrected chi connectivity index (χ4v) is 5.42. The minimum absolute atomic E-state index is 0.116. The molecule has 1 aliphatic rings. The summed E-state index contributed by atoms with van der Waals surface area (Å²) >= 11 is 3.28. The van der Waals surface area contributed by atoms with E-state index in [0.717, 1.165) is 36.1 Å². The number of primary amides is 1. The molecule has 0 bridgehead atoms. The van der Waals surface area contributed by atoms with Crippen LogP contribution in [-0.2, 0) is 24.1 Å². The lowest BCUT2D eigenvalue weighted by Crippen LogP contribution is -2.20. The Bertz CT molecular complexity index is 812. The van der Waals surface area contributed by atoms with Gasteiger partial charge in [-0.25, -0.2) is 0 Å². The van der Waals surface area contributed by atoms with Crippen LogP contribution < -0.4 is 11.1 Å². The first-order valence-electron chi connectivity index (χ1n) is 8.93. The van der Waals surface area contributed by atoms with Crippen LogP contribution in [0.3, 0.4) is 0 Å². The van der Waals surface area contributed by atoms with E-state index < -0.39 is 5.91 Å². The SMILES string of the molecule is CCSc1ccc(CC(=O)Nc2sc3c(c2C(N)=O)CCC(C)C3)cc1. The van der Waals surface area contributed by atoms with Gasteiger partial charge < -0.3 is 11.1 Å². The van der Waals surface area contributed by atoms with Gasteiger partial charge in [0, 0.05) is 9.77 Å². The molecule has 138 valence electrons. The first kappa shape index (κ1) is 19.0. The highest BCUT2D eigenvalue weighted by molar-refractivity contribution is 7.99. The maximum atomic E-state index is 12.5. The smallest absolute Gasteiger partial charge is 0.251 e. The standard InChI is InChI=1S/C20H24N2O2S2/c1-3-25-14-7-5-13(6-8-14)11-17(23)22-20-18(19(21)24)15-9-4-12(2)10-16(15)26-20/h5-8,12H,3-4,9-11H2,1-2H3,(H2,21,24)(H,22,23). The molecule has 0 aliphatic heterocycles. The molecule has 3 N–H and O–H groups in total. The van der Waals surface area contributed by atoms with Gasteiger partial charge in [0.15, 0.2) is 0 Å². The monoisotopic (exact) mass is 388 g/mol. The fourth-order valence-electron chi connectivity index (χ4n) is 3.33. The molecule has 1 atom stereocenters. The van der Waals surface area contributed by atoms with E-state index in [2.05, 4.69) is 19.2 Å². The summed E-state index contributed by atoms with van der Waals surface area (Å²) in [6, 6.07) is 8.04. The molecule has 4 nitrogen and oxygen atoms in total. The maximum Gasteiger partial charge on any atom is 0.251 e. The summed E-state index contributed by atoms with van der Waals surface area (Å²) in [6.45, 7) is 4.33. The van der Waals surface area contributed by atoms with Gasteiger partial charge in [0.1, 0.15) is 5.00 Å². The number of carbonyl (C=O) groups is 2. The number of nitrogens with one attached hydrogen (secondary N) is 1. The molecule has 2 amide bonds. The number of carbonyl (C=O) groups excluding carboxylic acids is 2. The average Bonchev–Trinajstić information content (AvgIpc) is 2.93. The van der Waals surface area contributed by atoms with Crippen LogP contribution in [-0.4, -0.2) is 17.6 Å². The summed E-state index contributed by atoms with van der Waals surface area (Å²) < 4.78 is 0. The normalized spacial score (nSPS) is 16.2. The van der Waals surface area contributed by atoms with Crippen LogP contribution in [0.15, 0.2) is 29.2 Å². The number of hydrogen-bond donors (Lipinski definition) is 2. The summed E-state index contributed by atoms with van der Waals surface area (Å²) in [5, 5.41) is 3.54. The summed E-state index contributed by atoms with van der Waals surface area (Å²) in [7, 11) is 0. The molecule has 2 aromatic rings. The van der Waals surface area contributed by atoms with Gasteiger partial charge in [-0.05, 0) is 54.2 Å². The lowest BCUT2D eigenvalue weighted by atomic mass is 9.88. The Morgan fingerprint density at radius 2 is 2.04 bits per heavy atom. The van der Waals surface area contributed by atoms with Gasteiger partial charge in [-0.15, -0.1) is 23.1 Å². The Labute approximate surface area is 162 Å². The van der Waals surface area contributed by atoms with Gasteiger partial charge >= 0.3 is 0 Å². The molecule has 0 saturated heterocycles. The third-order valence-electron chi connectivity index (χ3n) is 4.61. The Kier molecular flexibility index (Phi) is 6.04. The van der Waals surface area contributed by atoms with Gasteiger partial charge in [-0.2, -0.15) is 0 Å². The average molecular weight is 389 g/mol. The van der Waals surface area contributed by atoms with E-state index in [9.17, 15) is 9.59 Å². The lowest BCUT2D eigenvalue weighted by molar-refractivity contribution is -0.115. The minimum atomic E-state index is -0.451. The number of nitrogens with two attached hydrogens (primary N) is 1. The second-order valence-electron chi connectivity index (χ2n) is 6.72. The van der Waals surface area contributed by atoms with E-state index in [0.29, 0.717) is 16.5 Å². The minimum Gasteiger partial charge on any atom is -0.365 e. The molecule has 0 fully saturated rings. The number of amides is 2. The highest BCUT2D eigenvalue weighted by Crippen LogP contribution is 2.39. The zero-order valence-corrected chi connectivity index (χ0v) is 16.8. The van der Waals surface area contributed by atoms with Crippen molar-refractivity contribution >= 4 is 39.9 Å². The van der Waals surface area contributed by atoms with Crippen molar-refractivity contribution in [2.75, 3.05) is 11.1 Å². The molecule has 1 aliphatic carbocycles. The maximum absolute atomic E-state index is 12.5. The lowest BCUT2D eigenvalue weighted by Gasteiger charge is -2.18.